The smallest absolute Gasteiger partial charge is 0.116 e. The van der Waals surface area contributed by atoms with Gasteiger partial charge in [0.05, 0.1) is 0 Å². The minimum absolute atomic E-state index is 0. The summed E-state index contributed by atoms with van der Waals surface area (Å²) < 4.78 is 0. The summed E-state index contributed by atoms with van der Waals surface area (Å²) in [5.74, 6) is 2.76. The second-order valence-corrected chi connectivity index (χ2v) is 7.54. The quantitative estimate of drug-likeness (QED) is 0.668. The third kappa shape index (κ3) is 2.12. The number of benzene rings is 1. The van der Waals surface area contributed by atoms with Crippen molar-refractivity contribution in [1.82, 2.24) is 0 Å². The van der Waals surface area contributed by atoms with Crippen LogP contribution in [0.25, 0.3) is 5.57 Å². The van der Waals surface area contributed by atoms with E-state index in [1.54, 1.807) is 0 Å². The Morgan fingerprint density at radius 2 is 2.05 bits per heavy atom. The average molecular weight is 305 g/mol. The molecule has 21 heavy (non-hydrogen) atoms. The number of hydrogen-bond acceptors (Lipinski definition) is 1. The van der Waals surface area contributed by atoms with E-state index in [-0.39, 0.29) is 12.4 Å². The van der Waals surface area contributed by atoms with Crippen molar-refractivity contribution in [2.24, 2.45) is 17.3 Å². The van der Waals surface area contributed by atoms with Crippen LogP contribution in [0.2, 0.25) is 0 Å². The van der Waals surface area contributed by atoms with Crippen LogP contribution in [0.4, 0.5) is 0 Å². The number of halogens is 1. The van der Waals surface area contributed by atoms with E-state index < -0.39 is 0 Å². The molecule has 0 heterocycles. The number of fused-ring (bicyclic) bond motifs is 5. The molecule has 0 aliphatic heterocycles. The molecule has 1 aromatic carbocycles. The molecule has 1 aromatic rings. The van der Waals surface area contributed by atoms with E-state index in [2.05, 4.69) is 19.6 Å². The molecule has 3 aliphatic rings. The van der Waals surface area contributed by atoms with Gasteiger partial charge in [0, 0.05) is 0 Å². The van der Waals surface area contributed by atoms with Gasteiger partial charge in [-0.2, -0.15) is 0 Å². The molecule has 0 radical (unpaired) electrons. The van der Waals surface area contributed by atoms with E-state index in [4.69, 9.17) is 0 Å². The monoisotopic (exact) mass is 304 g/mol. The van der Waals surface area contributed by atoms with Crippen LogP contribution in [-0.4, -0.2) is 5.11 Å². The topological polar surface area (TPSA) is 20.2 Å². The second kappa shape index (κ2) is 5.05. The molecule has 0 saturated heterocycles. The minimum Gasteiger partial charge on any atom is -0.508 e. The Hall–Kier alpha value is -0.950. The summed E-state index contributed by atoms with van der Waals surface area (Å²) in [4.78, 5) is 0. The van der Waals surface area contributed by atoms with Crippen molar-refractivity contribution in [3.05, 3.63) is 35.9 Å². The standard InChI is InChI=1S/C19H24O.ClH/c1-12-10-17-15(14-6-5-13(20)11-16(12)14)7-9-19(2)8-3-4-18(17)19;/h5-6,11,15,17-18,20H,1,3-4,7-10H2,2H3;1H/t15-,17-,18+,19+;/m1./s1. The lowest BCUT2D eigenvalue weighted by Gasteiger charge is -2.49. The minimum atomic E-state index is 0. The fraction of sp³-hybridized carbons (Fsp3) is 0.579. The molecule has 0 unspecified atom stereocenters. The van der Waals surface area contributed by atoms with Crippen LogP contribution in [0.5, 0.6) is 5.75 Å². The molecule has 0 bridgehead atoms. The van der Waals surface area contributed by atoms with Crippen LogP contribution in [0, 0.1) is 17.3 Å². The van der Waals surface area contributed by atoms with Gasteiger partial charge in [-0.3, -0.25) is 0 Å². The maximum atomic E-state index is 9.75. The van der Waals surface area contributed by atoms with Gasteiger partial charge in [0.2, 0.25) is 0 Å². The summed E-state index contributed by atoms with van der Waals surface area (Å²) in [6.45, 7) is 6.84. The molecule has 0 amide bonds. The Morgan fingerprint density at radius 3 is 2.86 bits per heavy atom. The maximum Gasteiger partial charge on any atom is 0.116 e. The van der Waals surface area contributed by atoms with Crippen molar-refractivity contribution >= 4 is 18.0 Å². The molecule has 3 aliphatic carbocycles. The van der Waals surface area contributed by atoms with Crippen molar-refractivity contribution < 1.29 is 5.11 Å². The molecule has 0 spiro atoms. The molecule has 2 fully saturated rings. The summed E-state index contributed by atoms with van der Waals surface area (Å²) in [6.07, 6.45) is 8.10. The van der Waals surface area contributed by atoms with Gasteiger partial charge in [-0.25, -0.2) is 0 Å². The first-order valence-electron chi connectivity index (χ1n) is 8.09. The van der Waals surface area contributed by atoms with Gasteiger partial charge >= 0.3 is 0 Å². The zero-order valence-electron chi connectivity index (χ0n) is 12.8. The number of phenolic OH excluding ortho intramolecular Hbond substituents is 1. The molecule has 114 valence electrons. The Bertz CT molecular complexity index is 579. The normalized spacial score (nSPS) is 37.2. The average Bonchev–Trinajstić information content (AvgIpc) is 2.81. The summed E-state index contributed by atoms with van der Waals surface area (Å²) >= 11 is 0. The lowest BCUT2D eigenvalue weighted by Crippen LogP contribution is -2.39. The summed E-state index contributed by atoms with van der Waals surface area (Å²) in [6, 6.07) is 5.94. The van der Waals surface area contributed by atoms with Gasteiger partial charge in [0.25, 0.3) is 0 Å². The number of phenols is 1. The summed E-state index contributed by atoms with van der Waals surface area (Å²) in [5, 5.41) is 9.75. The lowest BCUT2D eigenvalue weighted by molar-refractivity contribution is 0.0702. The Labute approximate surface area is 133 Å². The van der Waals surface area contributed by atoms with Crippen LogP contribution in [-0.2, 0) is 0 Å². The SMILES string of the molecule is C=C1C[C@@H]2[C@H](CC[C@]3(C)CCC[C@@H]23)c2ccc(O)cc21.Cl. The molecule has 0 aromatic heterocycles. The van der Waals surface area contributed by atoms with Gasteiger partial charge in [0.1, 0.15) is 5.75 Å². The highest BCUT2D eigenvalue weighted by Gasteiger charge is 2.50. The van der Waals surface area contributed by atoms with E-state index in [0.29, 0.717) is 17.1 Å². The Balaban J connectivity index is 0.00000132. The number of allylic oxidation sites excluding steroid dienone is 1. The predicted molar refractivity (Wildman–Crippen MR) is 89.9 cm³/mol. The molecule has 2 heteroatoms. The van der Waals surface area contributed by atoms with Gasteiger partial charge in [-0.05, 0) is 84.1 Å². The molecular weight excluding hydrogens is 280 g/mol. The molecule has 1 nitrogen and oxygen atoms in total. The van der Waals surface area contributed by atoms with E-state index in [1.165, 1.54) is 48.8 Å². The first-order valence-corrected chi connectivity index (χ1v) is 8.09. The Morgan fingerprint density at radius 1 is 1.24 bits per heavy atom. The predicted octanol–water partition coefficient (Wildman–Crippen LogP) is 5.53. The van der Waals surface area contributed by atoms with E-state index >= 15 is 0 Å². The Kier molecular flexibility index (Phi) is 3.60. The molecule has 4 atom stereocenters. The van der Waals surface area contributed by atoms with Crippen LogP contribution < -0.4 is 0 Å². The van der Waals surface area contributed by atoms with Crippen molar-refractivity contribution in [2.45, 2.75) is 51.4 Å². The van der Waals surface area contributed by atoms with Crippen molar-refractivity contribution in [1.29, 1.82) is 0 Å². The maximum absolute atomic E-state index is 9.75. The highest BCUT2D eigenvalue weighted by Crippen LogP contribution is 2.62. The highest BCUT2D eigenvalue weighted by molar-refractivity contribution is 5.85. The van der Waals surface area contributed by atoms with Gasteiger partial charge in [0.15, 0.2) is 0 Å². The van der Waals surface area contributed by atoms with Crippen molar-refractivity contribution in [3.63, 3.8) is 0 Å². The molecule has 4 rings (SSSR count). The fourth-order valence-corrected chi connectivity index (χ4v) is 5.52. The zero-order chi connectivity index (χ0) is 13.9. The van der Waals surface area contributed by atoms with Crippen molar-refractivity contribution in [2.75, 3.05) is 0 Å². The third-order valence-corrected chi connectivity index (χ3v) is 6.52. The van der Waals surface area contributed by atoms with Crippen LogP contribution >= 0.6 is 12.4 Å². The summed E-state index contributed by atoms with van der Waals surface area (Å²) in [7, 11) is 0. The second-order valence-electron chi connectivity index (χ2n) is 7.54. The lowest BCUT2D eigenvalue weighted by atomic mass is 9.55. The third-order valence-electron chi connectivity index (χ3n) is 6.52. The first-order chi connectivity index (χ1) is 9.58. The van der Waals surface area contributed by atoms with E-state index in [0.717, 1.165) is 18.3 Å². The zero-order valence-corrected chi connectivity index (χ0v) is 13.6. The number of rotatable bonds is 0. The van der Waals surface area contributed by atoms with Crippen LogP contribution in [0.15, 0.2) is 24.8 Å². The highest BCUT2D eigenvalue weighted by atomic mass is 35.5. The molecule has 1 N–H and O–H groups in total. The summed E-state index contributed by atoms with van der Waals surface area (Å²) in [5.41, 5.74) is 4.52. The van der Waals surface area contributed by atoms with Crippen molar-refractivity contribution in [3.8, 4) is 5.75 Å². The number of aromatic hydroxyl groups is 1. The molecule has 2 saturated carbocycles. The van der Waals surface area contributed by atoms with Crippen LogP contribution in [0.3, 0.4) is 0 Å². The fourth-order valence-electron chi connectivity index (χ4n) is 5.52. The van der Waals surface area contributed by atoms with Gasteiger partial charge in [-0.15, -0.1) is 12.4 Å². The molecular formula is C19H25ClO. The van der Waals surface area contributed by atoms with E-state index in [1.807, 2.05) is 12.1 Å². The largest absolute Gasteiger partial charge is 0.508 e. The van der Waals surface area contributed by atoms with Gasteiger partial charge in [-0.1, -0.05) is 26.0 Å². The number of hydrogen-bond donors (Lipinski definition) is 1. The first kappa shape index (κ1) is 15.0. The van der Waals surface area contributed by atoms with E-state index in [9.17, 15) is 5.11 Å². The van der Waals surface area contributed by atoms with Crippen LogP contribution in [0.1, 0.15) is 62.5 Å². The van der Waals surface area contributed by atoms with Gasteiger partial charge < -0.3 is 5.11 Å².